The minimum Gasteiger partial charge on any atom is -0.460 e. The summed E-state index contributed by atoms with van der Waals surface area (Å²) in [5, 5.41) is 10.8. The molecule has 22 heavy (non-hydrogen) atoms. The molecule has 0 amide bonds. The minimum atomic E-state index is -0.734. The average Bonchev–Trinajstić information content (AvgIpc) is 3.30. The van der Waals surface area contributed by atoms with E-state index in [1.807, 2.05) is 6.92 Å². The maximum absolute atomic E-state index is 11.2. The predicted molar refractivity (Wildman–Crippen MR) is 80.3 cm³/mol. The molecular formula is C17H26O5. The first-order valence-corrected chi connectivity index (χ1v) is 8.09. The highest BCUT2D eigenvalue weighted by molar-refractivity contribution is 5.66. The Morgan fingerprint density at radius 2 is 2.09 bits per heavy atom. The summed E-state index contributed by atoms with van der Waals surface area (Å²) in [5.41, 5.74) is 0.572. The Morgan fingerprint density at radius 3 is 2.64 bits per heavy atom. The normalized spacial score (nSPS) is 46.2. The molecule has 2 aliphatic heterocycles. The number of carbonyl (C=O) groups excluding carboxylic acids is 1. The van der Waals surface area contributed by atoms with Gasteiger partial charge in [-0.25, -0.2) is 0 Å². The van der Waals surface area contributed by atoms with Crippen LogP contribution < -0.4 is 0 Å². The summed E-state index contributed by atoms with van der Waals surface area (Å²) in [7, 11) is 0. The molecule has 2 saturated heterocycles. The van der Waals surface area contributed by atoms with Crippen molar-refractivity contribution in [3.63, 3.8) is 0 Å². The maximum Gasteiger partial charge on any atom is 0.302 e. The molecule has 124 valence electrons. The first-order chi connectivity index (χ1) is 10.3. The largest absolute Gasteiger partial charge is 0.460 e. The fourth-order valence-corrected chi connectivity index (χ4v) is 4.03. The number of esters is 1. The van der Waals surface area contributed by atoms with Gasteiger partial charge in [0, 0.05) is 6.92 Å². The predicted octanol–water partition coefficient (Wildman–Crippen LogP) is 1.97. The number of hydrogen-bond donors (Lipinski definition) is 1. The van der Waals surface area contributed by atoms with E-state index in [4.69, 9.17) is 14.2 Å². The van der Waals surface area contributed by atoms with Gasteiger partial charge in [-0.15, -0.1) is 0 Å². The fourth-order valence-electron chi connectivity index (χ4n) is 4.03. The highest BCUT2D eigenvalue weighted by Gasteiger charge is 2.71. The van der Waals surface area contributed by atoms with Gasteiger partial charge < -0.3 is 19.3 Å². The number of carbonyl (C=O) groups is 1. The van der Waals surface area contributed by atoms with Crippen molar-refractivity contribution in [2.75, 3.05) is 6.61 Å². The van der Waals surface area contributed by atoms with Gasteiger partial charge in [-0.3, -0.25) is 4.79 Å². The summed E-state index contributed by atoms with van der Waals surface area (Å²) >= 11 is 0. The molecule has 6 atom stereocenters. The zero-order valence-corrected chi connectivity index (χ0v) is 13.8. The monoisotopic (exact) mass is 310 g/mol. The van der Waals surface area contributed by atoms with Crippen LogP contribution >= 0.6 is 0 Å². The highest BCUT2D eigenvalue weighted by Crippen LogP contribution is 2.59. The highest BCUT2D eigenvalue weighted by atomic mass is 16.6. The number of aliphatic hydroxyl groups excluding tert-OH is 1. The number of epoxide rings is 2. The molecule has 3 rings (SSSR count). The molecule has 5 nitrogen and oxygen atoms in total. The van der Waals surface area contributed by atoms with E-state index >= 15 is 0 Å². The van der Waals surface area contributed by atoms with Gasteiger partial charge in [0.05, 0.1) is 24.7 Å². The average molecular weight is 310 g/mol. The Labute approximate surface area is 131 Å². The third-order valence-electron chi connectivity index (χ3n) is 5.31. The second-order valence-corrected chi connectivity index (χ2v) is 7.32. The van der Waals surface area contributed by atoms with Crippen LogP contribution in [0.15, 0.2) is 11.6 Å². The molecule has 2 heterocycles. The number of rotatable bonds is 4. The van der Waals surface area contributed by atoms with Gasteiger partial charge >= 0.3 is 5.97 Å². The molecule has 5 heteroatoms. The lowest BCUT2D eigenvalue weighted by Gasteiger charge is -2.40. The van der Waals surface area contributed by atoms with Crippen molar-refractivity contribution in [1.82, 2.24) is 0 Å². The summed E-state index contributed by atoms with van der Waals surface area (Å²) in [6.45, 7) is 8.22. The second kappa shape index (κ2) is 5.32. The van der Waals surface area contributed by atoms with Crippen LogP contribution in [0.1, 0.15) is 47.0 Å². The van der Waals surface area contributed by atoms with E-state index in [0.717, 1.165) is 12.8 Å². The molecular weight excluding hydrogens is 284 g/mol. The molecule has 1 aliphatic carbocycles. The molecule has 1 unspecified atom stereocenters. The second-order valence-electron chi connectivity index (χ2n) is 7.32. The maximum atomic E-state index is 11.2. The molecule has 0 aromatic carbocycles. The number of ether oxygens (including phenoxy) is 3. The number of aliphatic hydroxyl groups is 1. The van der Waals surface area contributed by atoms with Crippen molar-refractivity contribution in [3.05, 3.63) is 11.6 Å². The van der Waals surface area contributed by atoms with Crippen molar-refractivity contribution >= 4 is 5.97 Å². The first kappa shape index (κ1) is 16.0. The Bertz CT molecular complexity index is 491. The Kier molecular flexibility index (Phi) is 3.86. The van der Waals surface area contributed by atoms with Gasteiger partial charge in [0.2, 0.25) is 0 Å². The summed E-state index contributed by atoms with van der Waals surface area (Å²) in [5.74, 6) is -0.493. The van der Waals surface area contributed by atoms with E-state index in [-0.39, 0.29) is 23.6 Å². The quantitative estimate of drug-likeness (QED) is 0.488. The van der Waals surface area contributed by atoms with Crippen LogP contribution in [0, 0.1) is 5.92 Å². The van der Waals surface area contributed by atoms with Crippen molar-refractivity contribution in [1.29, 1.82) is 0 Å². The topological polar surface area (TPSA) is 71.6 Å². The minimum absolute atomic E-state index is 0.0965. The van der Waals surface area contributed by atoms with Gasteiger partial charge in [-0.2, -0.15) is 0 Å². The van der Waals surface area contributed by atoms with Gasteiger partial charge in [0.1, 0.15) is 17.3 Å². The summed E-state index contributed by atoms with van der Waals surface area (Å²) < 4.78 is 17.0. The van der Waals surface area contributed by atoms with Crippen molar-refractivity contribution in [2.45, 2.75) is 76.5 Å². The van der Waals surface area contributed by atoms with E-state index in [1.165, 1.54) is 12.5 Å². The lowest BCUT2D eigenvalue weighted by molar-refractivity contribution is -0.165. The van der Waals surface area contributed by atoms with Crippen LogP contribution in [-0.2, 0) is 19.0 Å². The third kappa shape index (κ3) is 2.70. The number of hydrogen-bond acceptors (Lipinski definition) is 5. The third-order valence-corrected chi connectivity index (χ3v) is 5.31. The van der Waals surface area contributed by atoms with Crippen molar-refractivity contribution in [2.24, 2.45) is 5.92 Å². The molecule has 3 fully saturated rings. The van der Waals surface area contributed by atoms with E-state index in [9.17, 15) is 9.90 Å². The molecule has 0 aromatic rings. The molecule has 0 bridgehead atoms. The smallest absolute Gasteiger partial charge is 0.302 e. The summed E-state index contributed by atoms with van der Waals surface area (Å²) in [6, 6.07) is 0. The Hall–Kier alpha value is -0.910. The fraction of sp³-hybridized carbons (Fsp3) is 0.824. The summed E-state index contributed by atoms with van der Waals surface area (Å²) in [6.07, 6.45) is 3.36. The Balaban J connectivity index is 1.75. The van der Waals surface area contributed by atoms with Crippen LogP contribution in [-0.4, -0.2) is 47.2 Å². The SMILES string of the molecule is CC(=O)O[C@@H]1CC[C@]2(CO2)[C@@H]([C@]2(C)OC2CC=C(C)C)[C@@H]1O. The zero-order chi connectivity index (χ0) is 16.1. The van der Waals surface area contributed by atoms with Crippen LogP contribution in [0.4, 0.5) is 0 Å². The van der Waals surface area contributed by atoms with Crippen molar-refractivity contribution in [3.8, 4) is 0 Å². The van der Waals surface area contributed by atoms with Crippen molar-refractivity contribution < 1.29 is 24.1 Å². The van der Waals surface area contributed by atoms with E-state index in [1.54, 1.807) is 0 Å². The Morgan fingerprint density at radius 1 is 1.41 bits per heavy atom. The van der Waals surface area contributed by atoms with Crippen LogP contribution in [0.3, 0.4) is 0 Å². The van der Waals surface area contributed by atoms with E-state index in [0.29, 0.717) is 13.0 Å². The number of allylic oxidation sites excluding steroid dienone is 1. The van der Waals surface area contributed by atoms with Crippen LogP contribution in [0.25, 0.3) is 0 Å². The van der Waals surface area contributed by atoms with Crippen LogP contribution in [0.5, 0.6) is 0 Å². The van der Waals surface area contributed by atoms with Gasteiger partial charge in [-0.1, -0.05) is 11.6 Å². The molecule has 1 saturated carbocycles. The standard InChI is InChI=1S/C17H26O5/c1-10(2)5-6-13-16(4,22-13)15-14(19)12(21-11(3)18)7-8-17(15)9-20-17/h5,12-15,19H,6-9H2,1-4H3/t12-,13?,14-,15-,16-,17+/m1/s1. The van der Waals surface area contributed by atoms with Crippen LogP contribution in [0.2, 0.25) is 0 Å². The molecule has 0 radical (unpaired) electrons. The lowest BCUT2D eigenvalue weighted by atomic mass is 9.68. The van der Waals surface area contributed by atoms with E-state index < -0.39 is 17.8 Å². The summed E-state index contributed by atoms with van der Waals surface area (Å²) in [4.78, 5) is 11.2. The van der Waals surface area contributed by atoms with Gasteiger partial charge in [-0.05, 0) is 40.0 Å². The first-order valence-electron chi connectivity index (χ1n) is 8.09. The molecule has 0 aromatic heterocycles. The molecule has 1 N–H and O–H groups in total. The van der Waals surface area contributed by atoms with Gasteiger partial charge in [0.15, 0.2) is 0 Å². The van der Waals surface area contributed by atoms with Gasteiger partial charge in [0.25, 0.3) is 0 Å². The van der Waals surface area contributed by atoms with E-state index in [2.05, 4.69) is 19.9 Å². The molecule has 1 spiro atoms. The zero-order valence-electron chi connectivity index (χ0n) is 13.8. The lowest BCUT2D eigenvalue weighted by Crippen LogP contribution is -2.54. The molecule has 3 aliphatic rings.